The van der Waals surface area contributed by atoms with Gasteiger partial charge in [-0.25, -0.2) is 4.68 Å². The third-order valence-corrected chi connectivity index (χ3v) is 3.28. The molecule has 1 aromatic carbocycles. The number of fused-ring (bicyclic) bond motifs is 1. The Labute approximate surface area is 123 Å². The molecule has 114 valence electrons. The van der Waals surface area contributed by atoms with E-state index in [1.165, 1.54) is 0 Å². The summed E-state index contributed by atoms with van der Waals surface area (Å²) in [6.45, 7) is 3.79. The Bertz CT molecular complexity index is 611. The molecule has 0 radical (unpaired) electrons. The monoisotopic (exact) mass is 292 g/mol. The van der Waals surface area contributed by atoms with Gasteiger partial charge in [0, 0.05) is 32.3 Å². The normalized spacial score (nSPS) is 11.0. The minimum atomic E-state index is -0.144. The number of aromatic nitrogens is 3. The number of carbonyl (C=O) groups is 1. The zero-order valence-corrected chi connectivity index (χ0v) is 12.3. The molecule has 0 aliphatic heterocycles. The quantitative estimate of drug-likeness (QED) is 0.805. The van der Waals surface area contributed by atoms with Gasteiger partial charge in [0.25, 0.3) is 5.91 Å². The number of aliphatic hydroxyl groups excluding tert-OH is 1. The maximum absolute atomic E-state index is 12.5. The number of aryl methyl sites for hydroxylation is 1. The van der Waals surface area contributed by atoms with Gasteiger partial charge < -0.3 is 14.7 Å². The molecule has 0 atom stereocenters. The Balaban J connectivity index is 2.24. The highest BCUT2D eigenvalue weighted by molar-refractivity contribution is 5.97. The van der Waals surface area contributed by atoms with E-state index in [9.17, 15) is 4.79 Å². The van der Waals surface area contributed by atoms with Crippen molar-refractivity contribution in [1.29, 1.82) is 0 Å². The van der Waals surface area contributed by atoms with Gasteiger partial charge in [0.15, 0.2) is 0 Å². The van der Waals surface area contributed by atoms with E-state index in [0.717, 1.165) is 12.1 Å². The number of nitrogens with zero attached hydrogens (tertiary/aromatic N) is 4. The highest BCUT2D eigenvalue weighted by Crippen LogP contribution is 2.15. The first-order valence-electron chi connectivity index (χ1n) is 6.93. The van der Waals surface area contributed by atoms with Crippen LogP contribution in [-0.4, -0.2) is 64.3 Å². The Morgan fingerprint density at radius 1 is 1.43 bits per heavy atom. The molecule has 7 heteroatoms. The molecule has 0 spiro atoms. The van der Waals surface area contributed by atoms with Crippen molar-refractivity contribution in [2.45, 2.75) is 13.5 Å². The predicted molar refractivity (Wildman–Crippen MR) is 78.1 cm³/mol. The van der Waals surface area contributed by atoms with E-state index in [2.05, 4.69) is 10.3 Å². The van der Waals surface area contributed by atoms with Crippen molar-refractivity contribution in [3.63, 3.8) is 0 Å². The minimum Gasteiger partial charge on any atom is -0.395 e. The minimum absolute atomic E-state index is 0.0796. The number of ether oxygens (including phenoxy) is 1. The molecule has 0 aliphatic rings. The molecule has 0 bridgehead atoms. The van der Waals surface area contributed by atoms with Crippen molar-refractivity contribution in [3.8, 4) is 0 Å². The van der Waals surface area contributed by atoms with Gasteiger partial charge >= 0.3 is 0 Å². The SMILES string of the molecule is CCn1nnc2cc(C(=O)N(CCO)CCOC)ccc21. The summed E-state index contributed by atoms with van der Waals surface area (Å²) in [6.07, 6.45) is 0. The lowest BCUT2D eigenvalue weighted by Crippen LogP contribution is -2.36. The van der Waals surface area contributed by atoms with Crippen LogP contribution < -0.4 is 0 Å². The van der Waals surface area contributed by atoms with Crippen molar-refractivity contribution in [2.75, 3.05) is 33.4 Å². The molecule has 1 aromatic heterocycles. The summed E-state index contributed by atoms with van der Waals surface area (Å²) in [5.74, 6) is -0.144. The van der Waals surface area contributed by atoms with E-state index >= 15 is 0 Å². The van der Waals surface area contributed by atoms with Crippen molar-refractivity contribution in [1.82, 2.24) is 19.9 Å². The van der Waals surface area contributed by atoms with Gasteiger partial charge in [0.1, 0.15) is 5.52 Å². The first-order valence-corrected chi connectivity index (χ1v) is 6.93. The maximum atomic E-state index is 12.5. The van der Waals surface area contributed by atoms with E-state index in [-0.39, 0.29) is 19.1 Å². The van der Waals surface area contributed by atoms with Crippen molar-refractivity contribution in [3.05, 3.63) is 23.8 Å². The fraction of sp³-hybridized carbons (Fsp3) is 0.500. The number of rotatable bonds is 7. The van der Waals surface area contributed by atoms with Gasteiger partial charge in [-0.2, -0.15) is 0 Å². The summed E-state index contributed by atoms with van der Waals surface area (Å²) >= 11 is 0. The number of benzene rings is 1. The average molecular weight is 292 g/mol. The maximum Gasteiger partial charge on any atom is 0.254 e. The van der Waals surface area contributed by atoms with E-state index in [1.54, 1.807) is 28.8 Å². The van der Waals surface area contributed by atoms with Gasteiger partial charge in [-0.3, -0.25) is 4.79 Å². The molecule has 0 fully saturated rings. The first-order chi connectivity index (χ1) is 10.2. The smallest absolute Gasteiger partial charge is 0.254 e. The topological polar surface area (TPSA) is 80.5 Å². The number of amides is 1. The Kier molecular flexibility index (Phi) is 5.24. The zero-order valence-electron chi connectivity index (χ0n) is 12.3. The molecule has 1 amide bonds. The number of methoxy groups -OCH3 is 1. The molecule has 21 heavy (non-hydrogen) atoms. The van der Waals surface area contributed by atoms with Gasteiger partial charge in [-0.15, -0.1) is 5.10 Å². The molecule has 0 aliphatic carbocycles. The van der Waals surface area contributed by atoms with Crippen molar-refractivity contribution >= 4 is 16.9 Å². The molecule has 0 unspecified atom stereocenters. The van der Waals surface area contributed by atoms with Crippen LogP contribution in [-0.2, 0) is 11.3 Å². The average Bonchev–Trinajstić information content (AvgIpc) is 2.92. The van der Waals surface area contributed by atoms with Crippen LogP contribution in [0.5, 0.6) is 0 Å². The van der Waals surface area contributed by atoms with Crippen LogP contribution in [0.1, 0.15) is 17.3 Å². The van der Waals surface area contributed by atoms with Crippen LogP contribution in [0.2, 0.25) is 0 Å². The summed E-state index contributed by atoms with van der Waals surface area (Å²) in [7, 11) is 1.58. The zero-order chi connectivity index (χ0) is 15.2. The van der Waals surface area contributed by atoms with Crippen LogP contribution in [0.15, 0.2) is 18.2 Å². The number of carbonyl (C=O) groups excluding carboxylic acids is 1. The lowest BCUT2D eigenvalue weighted by atomic mass is 10.1. The van der Waals surface area contributed by atoms with Crippen LogP contribution in [0, 0.1) is 0 Å². The van der Waals surface area contributed by atoms with Gasteiger partial charge in [0.05, 0.1) is 18.7 Å². The third kappa shape index (κ3) is 3.37. The standard InChI is InChI=1S/C14H20N4O3/c1-3-18-13-5-4-11(10-12(13)15-16-18)14(20)17(6-8-19)7-9-21-2/h4-5,10,19H,3,6-9H2,1-2H3. The molecule has 1 N–H and O–H groups in total. The highest BCUT2D eigenvalue weighted by atomic mass is 16.5. The second-order valence-corrected chi connectivity index (χ2v) is 4.62. The molecule has 2 rings (SSSR count). The number of hydrogen-bond donors (Lipinski definition) is 1. The Morgan fingerprint density at radius 3 is 2.90 bits per heavy atom. The summed E-state index contributed by atoms with van der Waals surface area (Å²) < 4.78 is 6.77. The molecule has 0 saturated heterocycles. The van der Waals surface area contributed by atoms with E-state index < -0.39 is 0 Å². The van der Waals surface area contributed by atoms with Crippen LogP contribution in [0.3, 0.4) is 0 Å². The number of hydrogen-bond acceptors (Lipinski definition) is 5. The van der Waals surface area contributed by atoms with Gasteiger partial charge in [-0.1, -0.05) is 5.21 Å². The lowest BCUT2D eigenvalue weighted by molar-refractivity contribution is 0.0656. The number of aliphatic hydroxyl groups is 1. The van der Waals surface area contributed by atoms with Gasteiger partial charge in [0.2, 0.25) is 0 Å². The molecular weight excluding hydrogens is 272 g/mol. The second kappa shape index (κ2) is 7.14. The molecule has 0 saturated carbocycles. The van der Waals surface area contributed by atoms with E-state index in [4.69, 9.17) is 9.84 Å². The molecule has 1 heterocycles. The van der Waals surface area contributed by atoms with Crippen LogP contribution in [0.25, 0.3) is 11.0 Å². The molecule has 2 aromatic rings. The predicted octanol–water partition coefficient (Wildman–Crippen LogP) is 0.532. The van der Waals surface area contributed by atoms with Crippen LogP contribution in [0.4, 0.5) is 0 Å². The van der Waals surface area contributed by atoms with Crippen molar-refractivity contribution in [2.24, 2.45) is 0 Å². The van der Waals surface area contributed by atoms with E-state index in [0.29, 0.717) is 24.2 Å². The summed E-state index contributed by atoms with van der Waals surface area (Å²) in [5, 5.41) is 17.2. The van der Waals surface area contributed by atoms with Gasteiger partial charge in [-0.05, 0) is 25.1 Å². The Morgan fingerprint density at radius 2 is 2.24 bits per heavy atom. The molecule has 7 nitrogen and oxygen atoms in total. The highest BCUT2D eigenvalue weighted by Gasteiger charge is 2.16. The summed E-state index contributed by atoms with van der Waals surface area (Å²) in [6, 6.07) is 5.34. The first kappa shape index (κ1) is 15.4. The Hall–Kier alpha value is -1.99. The van der Waals surface area contributed by atoms with Crippen molar-refractivity contribution < 1.29 is 14.6 Å². The fourth-order valence-electron chi connectivity index (χ4n) is 2.16. The second-order valence-electron chi connectivity index (χ2n) is 4.62. The fourth-order valence-corrected chi connectivity index (χ4v) is 2.16. The lowest BCUT2D eigenvalue weighted by Gasteiger charge is -2.21. The van der Waals surface area contributed by atoms with E-state index in [1.807, 2.05) is 13.0 Å². The summed E-state index contributed by atoms with van der Waals surface area (Å²) in [4.78, 5) is 14.0. The third-order valence-electron chi connectivity index (χ3n) is 3.28. The van der Waals surface area contributed by atoms with Crippen LogP contribution >= 0.6 is 0 Å². The largest absolute Gasteiger partial charge is 0.395 e. The summed E-state index contributed by atoms with van der Waals surface area (Å²) in [5.41, 5.74) is 2.13. The molecular formula is C14H20N4O3.